The van der Waals surface area contributed by atoms with Crippen LogP contribution >= 0.6 is 15.9 Å². The van der Waals surface area contributed by atoms with Crippen LogP contribution in [0.15, 0.2) is 27.1 Å². The highest BCUT2D eigenvalue weighted by molar-refractivity contribution is 9.10. The van der Waals surface area contributed by atoms with Crippen molar-refractivity contribution in [2.45, 2.75) is 13.1 Å². The molecule has 0 fully saturated rings. The van der Waals surface area contributed by atoms with Crippen molar-refractivity contribution in [2.75, 3.05) is 13.1 Å². The molecule has 2 aromatic rings. The Labute approximate surface area is 137 Å². The second-order valence-corrected chi connectivity index (χ2v) is 5.69. The first-order valence-electron chi connectivity index (χ1n) is 6.47. The number of carbonyl (C=O) groups excluding carboxylic acids is 2. The molecule has 1 aromatic carbocycles. The third-order valence-corrected chi connectivity index (χ3v) is 3.49. The Hall–Kier alpha value is -2.03. The number of hydrogen-bond donors (Lipinski definition) is 2. The Morgan fingerprint density at radius 2 is 1.96 bits per heavy atom. The summed E-state index contributed by atoms with van der Waals surface area (Å²) in [6, 6.07) is 5.21. The van der Waals surface area contributed by atoms with Crippen molar-refractivity contribution in [2.24, 2.45) is 0 Å². The highest BCUT2D eigenvalue weighted by atomic mass is 79.9. The zero-order chi connectivity index (χ0) is 17.2. The van der Waals surface area contributed by atoms with E-state index in [-0.39, 0.29) is 5.76 Å². The van der Waals surface area contributed by atoms with Crippen LogP contribution in [0.1, 0.15) is 16.1 Å². The van der Waals surface area contributed by atoms with Gasteiger partial charge in [-0.05, 0) is 25.1 Å². The topological polar surface area (TPSA) is 71.3 Å². The summed E-state index contributed by atoms with van der Waals surface area (Å²) in [6.45, 7) is -0.342. The van der Waals surface area contributed by atoms with Gasteiger partial charge in [-0.1, -0.05) is 15.9 Å². The molecule has 0 saturated heterocycles. The number of nitrogens with one attached hydrogen (secondary N) is 2. The van der Waals surface area contributed by atoms with Gasteiger partial charge >= 0.3 is 6.18 Å². The molecule has 0 radical (unpaired) electrons. The number of carbonyl (C=O) groups is 2. The second kappa shape index (κ2) is 6.61. The fraction of sp³-hybridized carbons (Fsp3) is 0.286. The predicted molar refractivity (Wildman–Crippen MR) is 80.0 cm³/mol. The third kappa shape index (κ3) is 4.47. The van der Waals surface area contributed by atoms with Crippen molar-refractivity contribution in [3.8, 4) is 0 Å². The number of hydrogen-bond acceptors (Lipinski definition) is 3. The van der Waals surface area contributed by atoms with Crippen LogP contribution in [0.5, 0.6) is 0 Å². The van der Waals surface area contributed by atoms with E-state index in [2.05, 4.69) is 21.2 Å². The minimum Gasteiger partial charge on any atom is -0.451 e. The normalized spacial score (nSPS) is 11.5. The lowest BCUT2D eigenvalue weighted by molar-refractivity contribution is -0.137. The highest BCUT2D eigenvalue weighted by Gasteiger charge is 2.27. The first kappa shape index (κ1) is 17.3. The van der Waals surface area contributed by atoms with Crippen LogP contribution in [0.4, 0.5) is 13.2 Å². The van der Waals surface area contributed by atoms with Crippen molar-refractivity contribution in [1.82, 2.24) is 10.6 Å². The Bertz CT molecular complexity index is 756. The molecule has 9 heteroatoms. The first-order chi connectivity index (χ1) is 10.7. The summed E-state index contributed by atoms with van der Waals surface area (Å²) in [5.41, 5.74) is 1.08. The summed E-state index contributed by atoms with van der Waals surface area (Å²) in [4.78, 5) is 23.3. The van der Waals surface area contributed by atoms with E-state index in [4.69, 9.17) is 4.42 Å². The van der Waals surface area contributed by atoms with Gasteiger partial charge in [-0.25, -0.2) is 0 Å². The van der Waals surface area contributed by atoms with Gasteiger partial charge < -0.3 is 15.1 Å². The smallest absolute Gasteiger partial charge is 0.405 e. The van der Waals surface area contributed by atoms with E-state index in [1.807, 2.05) is 0 Å². The van der Waals surface area contributed by atoms with Crippen LogP contribution in [0.3, 0.4) is 0 Å². The predicted octanol–water partition coefficient (Wildman–Crippen LogP) is 2.91. The van der Waals surface area contributed by atoms with Crippen molar-refractivity contribution < 1.29 is 27.2 Å². The minimum atomic E-state index is -4.50. The maximum atomic E-state index is 12.0. The molecule has 0 saturated carbocycles. The molecular weight excluding hydrogens is 381 g/mol. The van der Waals surface area contributed by atoms with E-state index in [0.717, 1.165) is 9.86 Å². The van der Waals surface area contributed by atoms with Crippen LogP contribution < -0.4 is 10.6 Å². The molecule has 0 unspecified atom stereocenters. The van der Waals surface area contributed by atoms with Crippen LogP contribution in [-0.2, 0) is 4.79 Å². The van der Waals surface area contributed by atoms with Crippen LogP contribution in [-0.4, -0.2) is 31.1 Å². The second-order valence-electron chi connectivity index (χ2n) is 4.77. The van der Waals surface area contributed by atoms with Crippen molar-refractivity contribution in [1.29, 1.82) is 0 Å². The zero-order valence-electron chi connectivity index (χ0n) is 11.9. The fourth-order valence-electron chi connectivity index (χ4n) is 1.91. The lowest BCUT2D eigenvalue weighted by Gasteiger charge is -2.08. The van der Waals surface area contributed by atoms with Gasteiger partial charge in [0.25, 0.3) is 5.91 Å². The number of halogens is 4. The first-order valence-corrected chi connectivity index (χ1v) is 7.27. The molecule has 0 bridgehead atoms. The van der Waals surface area contributed by atoms with Crippen LogP contribution in [0, 0.1) is 6.92 Å². The van der Waals surface area contributed by atoms with Gasteiger partial charge in [-0.15, -0.1) is 0 Å². The molecule has 2 N–H and O–H groups in total. The number of alkyl halides is 3. The lowest BCUT2D eigenvalue weighted by Crippen LogP contribution is -2.40. The van der Waals surface area contributed by atoms with E-state index in [1.54, 1.807) is 30.4 Å². The van der Waals surface area contributed by atoms with Crippen molar-refractivity contribution >= 4 is 38.7 Å². The van der Waals surface area contributed by atoms with Crippen LogP contribution in [0.25, 0.3) is 11.0 Å². The van der Waals surface area contributed by atoms with Crippen LogP contribution in [0.2, 0.25) is 0 Å². The van der Waals surface area contributed by atoms with Crippen molar-refractivity contribution in [3.63, 3.8) is 0 Å². The number of rotatable bonds is 4. The molecule has 1 heterocycles. The van der Waals surface area contributed by atoms with Gasteiger partial charge in [0.2, 0.25) is 5.91 Å². The standard InChI is InChI=1S/C14H12BrF3N2O3/c1-7-9-4-8(15)2-3-10(9)23-12(7)13(22)19-5-11(21)20-6-14(16,17)18/h2-4H,5-6H2,1H3,(H,19,22)(H,20,21). The molecule has 0 atom stereocenters. The Morgan fingerprint density at radius 1 is 1.26 bits per heavy atom. The van der Waals surface area contributed by atoms with E-state index < -0.39 is 31.1 Å². The van der Waals surface area contributed by atoms with Gasteiger partial charge in [0, 0.05) is 15.4 Å². The molecule has 1 aromatic heterocycles. The molecule has 5 nitrogen and oxygen atoms in total. The zero-order valence-corrected chi connectivity index (χ0v) is 13.5. The largest absolute Gasteiger partial charge is 0.451 e. The van der Waals surface area contributed by atoms with Gasteiger partial charge in [0.05, 0.1) is 6.54 Å². The van der Waals surface area contributed by atoms with E-state index in [1.165, 1.54) is 0 Å². The van der Waals surface area contributed by atoms with Gasteiger partial charge in [0.15, 0.2) is 5.76 Å². The summed E-state index contributed by atoms with van der Waals surface area (Å²) in [6.07, 6.45) is -4.50. The van der Waals surface area contributed by atoms with E-state index in [9.17, 15) is 22.8 Å². The maximum absolute atomic E-state index is 12.0. The molecular formula is C14H12BrF3N2O3. The Kier molecular flexibility index (Phi) is 4.98. The van der Waals surface area contributed by atoms with Gasteiger partial charge in [-0.2, -0.15) is 13.2 Å². The summed E-state index contributed by atoms with van der Waals surface area (Å²) in [7, 11) is 0. The number of fused-ring (bicyclic) bond motifs is 1. The average Bonchev–Trinajstić information content (AvgIpc) is 2.79. The van der Waals surface area contributed by atoms with E-state index >= 15 is 0 Å². The molecule has 0 aliphatic carbocycles. The molecule has 2 rings (SSSR count). The lowest BCUT2D eigenvalue weighted by atomic mass is 10.1. The fourth-order valence-corrected chi connectivity index (χ4v) is 2.27. The molecule has 0 aliphatic rings. The Balaban J connectivity index is 2.01. The molecule has 0 spiro atoms. The monoisotopic (exact) mass is 392 g/mol. The third-order valence-electron chi connectivity index (χ3n) is 3.00. The number of furan rings is 1. The summed E-state index contributed by atoms with van der Waals surface area (Å²) < 4.78 is 42.1. The molecule has 2 amide bonds. The van der Waals surface area contributed by atoms with E-state index in [0.29, 0.717) is 11.1 Å². The summed E-state index contributed by atoms with van der Waals surface area (Å²) in [5.74, 6) is -1.59. The summed E-state index contributed by atoms with van der Waals surface area (Å²) in [5, 5.41) is 4.62. The SMILES string of the molecule is Cc1c(C(=O)NCC(=O)NCC(F)(F)F)oc2ccc(Br)cc12. The molecule has 0 aliphatic heterocycles. The molecule has 124 valence electrons. The number of aryl methyl sites for hydroxylation is 1. The van der Waals surface area contributed by atoms with Gasteiger partial charge in [0.1, 0.15) is 12.1 Å². The highest BCUT2D eigenvalue weighted by Crippen LogP contribution is 2.27. The minimum absolute atomic E-state index is 0.0155. The average molecular weight is 393 g/mol. The quantitative estimate of drug-likeness (QED) is 0.840. The summed E-state index contributed by atoms with van der Waals surface area (Å²) >= 11 is 3.31. The number of benzene rings is 1. The Morgan fingerprint density at radius 3 is 2.61 bits per heavy atom. The molecule has 23 heavy (non-hydrogen) atoms. The number of amides is 2. The van der Waals surface area contributed by atoms with Crippen molar-refractivity contribution in [3.05, 3.63) is 34.0 Å². The maximum Gasteiger partial charge on any atom is 0.405 e. The van der Waals surface area contributed by atoms with Gasteiger partial charge in [-0.3, -0.25) is 9.59 Å².